The van der Waals surface area contributed by atoms with Crippen LogP contribution in [0.15, 0.2) is 18.2 Å². The quantitative estimate of drug-likeness (QED) is 0.727. The molecule has 2 fully saturated rings. The third kappa shape index (κ3) is 4.60. The van der Waals surface area contributed by atoms with Crippen molar-refractivity contribution >= 4 is 11.8 Å². The molecule has 8 heteroatoms. The predicted octanol–water partition coefficient (Wildman–Crippen LogP) is 2.94. The average Bonchev–Trinajstić information content (AvgIpc) is 3.46. The highest BCUT2D eigenvalue weighted by Crippen LogP contribution is 2.32. The number of likely N-dealkylation sites (tertiary alicyclic amines) is 2. The number of fused-ring (bicyclic) bond motifs is 1. The first-order valence-electron chi connectivity index (χ1n) is 12.9. The van der Waals surface area contributed by atoms with Gasteiger partial charge >= 0.3 is 0 Å². The van der Waals surface area contributed by atoms with Gasteiger partial charge in [0.15, 0.2) is 5.69 Å². The fourth-order valence-corrected chi connectivity index (χ4v) is 5.92. The number of benzene rings is 1. The highest BCUT2D eigenvalue weighted by molar-refractivity contribution is 5.94. The maximum Gasteiger partial charge on any atom is 0.274 e. The van der Waals surface area contributed by atoms with Crippen molar-refractivity contribution in [2.75, 3.05) is 26.2 Å². The summed E-state index contributed by atoms with van der Waals surface area (Å²) in [5, 5.41) is 14.2. The standard InChI is InChI=1S/C27H35FN4O3/c1-17-5-3-6-20(18(17)2)19-9-12-30(13-10-19)25(34)16-32-23-8-4-7-21(23)26(29-32)27(35)31-14-11-24(33)22(28)15-31/h3,5-6,19,22,24,33H,4,7-16H2,1-2H3/t22-,24-/m1/s1. The van der Waals surface area contributed by atoms with E-state index >= 15 is 0 Å². The Morgan fingerprint density at radius 2 is 1.83 bits per heavy atom. The molecule has 0 spiro atoms. The van der Waals surface area contributed by atoms with E-state index in [1.807, 2.05) is 4.90 Å². The molecule has 1 aliphatic carbocycles. The van der Waals surface area contributed by atoms with Gasteiger partial charge in [-0.05, 0) is 75.0 Å². The number of piperidine rings is 2. The summed E-state index contributed by atoms with van der Waals surface area (Å²) in [6.45, 7) is 6.10. The van der Waals surface area contributed by atoms with E-state index < -0.39 is 12.3 Å². The highest BCUT2D eigenvalue weighted by atomic mass is 19.1. The van der Waals surface area contributed by atoms with Crippen LogP contribution in [0.25, 0.3) is 0 Å². The van der Waals surface area contributed by atoms with E-state index in [9.17, 15) is 19.1 Å². The molecule has 35 heavy (non-hydrogen) atoms. The first-order valence-corrected chi connectivity index (χ1v) is 12.9. The Balaban J connectivity index is 1.25. The molecule has 1 aromatic heterocycles. The summed E-state index contributed by atoms with van der Waals surface area (Å²) in [5.41, 5.74) is 6.26. The van der Waals surface area contributed by atoms with Gasteiger partial charge in [0.1, 0.15) is 12.7 Å². The van der Waals surface area contributed by atoms with E-state index in [2.05, 4.69) is 37.1 Å². The van der Waals surface area contributed by atoms with Crippen LogP contribution in [0.3, 0.4) is 0 Å². The van der Waals surface area contributed by atoms with Gasteiger partial charge in [0.25, 0.3) is 5.91 Å². The molecule has 3 aliphatic rings. The van der Waals surface area contributed by atoms with Gasteiger partial charge < -0.3 is 14.9 Å². The number of hydrogen-bond donors (Lipinski definition) is 1. The molecule has 7 nitrogen and oxygen atoms in total. The first-order chi connectivity index (χ1) is 16.8. The van der Waals surface area contributed by atoms with Crippen molar-refractivity contribution < 1.29 is 19.1 Å². The minimum atomic E-state index is -1.43. The zero-order chi connectivity index (χ0) is 24.7. The molecule has 2 aromatic rings. The number of alkyl halides is 1. The van der Waals surface area contributed by atoms with E-state index in [1.165, 1.54) is 21.6 Å². The van der Waals surface area contributed by atoms with Crippen molar-refractivity contribution in [3.05, 3.63) is 51.8 Å². The van der Waals surface area contributed by atoms with Gasteiger partial charge in [0, 0.05) is 30.9 Å². The van der Waals surface area contributed by atoms with Crippen LogP contribution in [0.5, 0.6) is 0 Å². The summed E-state index contributed by atoms with van der Waals surface area (Å²) in [6, 6.07) is 6.47. The summed E-state index contributed by atoms with van der Waals surface area (Å²) in [7, 11) is 0. The summed E-state index contributed by atoms with van der Waals surface area (Å²) in [4.78, 5) is 29.7. The van der Waals surface area contributed by atoms with Gasteiger partial charge in [-0.3, -0.25) is 14.3 Å². The Morgan fingerprint density at radius 3 is 2.57 bits per heavy atom. The van der Waals surface area contributed by atoms with Crippen molar-refractivity contribution in [3.8, 4) is 0 Å². The molecular formula is C27H35FN4O3. The monoisotopic (exact) mass is 482 g/mol. The Kier molecular flexibility index (Phi) is 6.66. The Labute approximate surface area is 205 Å². The molecule has 2 amide bonds. The number of hydrogen-bond acceptors (Lipinski definition) is 4. The Morgan fingerprint density at radius 1 is 1.09 bits per heavy atom. The van der Waals surface area contributed by atoms with Crippen molar-refractivity contribution in [1.29, 1.82) is 0 Å². The average molecular weight is 483 g/mol. The van der Waals surface area contributed by atoms with E-state index in [4.69, 9.17) is 0 Å². The lowest BCUT2D eigenvalue weighted by molar-refractivity contribution is -0.133. The van der Waals surface area contributed by atoms with Crippen molar-refractivity contribution in [3.63, 3.8) is 0 Å². The van der Waals surface area contributed by atoms with Crippen LogP contribution in [0.1, 0.15) is 70.0 Å². The number of carbonyl (C=O) groups is 2. The van der Waals surface area contributed by atoms with Crippen LogP contribution in [-0.2, 0) is 24.2 Å². The number of aliphatic hydroxyl groups excluding tert-OH is 1. The Hall–Kier alpha value is -2.74. The van der Waals surface area contributed by atoms with Crippen LogP contribution >= 0.6 is 0 Å². The lowest BCUT2D eigenvalue weighted by Crippen LogP contribution is -2.47. The summed E-state index contributed by atoms with van der Waals surface area (Å²) in [5.74, 6) is 0.211. The number of aliphatic hydroxyl groups is 1. The highest BCUT2D eigenvalue weighted by Gasteiger charge is 2.35. The molecule has 3 heterocycles. The summed E-state index contributed by atoms with van der Waals surface area (Å²) >= 11 is 0. The predicted molar refractivity (Wildman–Crippen MR) is 130 cm³/mol. The molecule has 2 aliphatic heterocycles. The minimum Gasteiger partial charge on any atom is -0.390 e. The topological polar surface area (TPSA) is 78.7 Å². The number of aryl methyl sites for hydroxylation is 1. The van der Waals surface area contributed by atoms with E-state index in [0.29, 0.717) is 18.2 Å². The first kappa shape index (κ1) is 24.0. The van der Waals surface area contributed by atoms with E-state index in [1.54, 1.807) is 4.68 Å². The molecule has 1 aromatic carbocycles. The molecule has 5 rings (SSSR count). The molecule has 1 N–H and O–H groups in total. The molecule has 0 bridgehead atoms. The summed E-state index contributed by atoms with van der Waals surface area (Å²) < 4.78 is 15.7. The maximum atomic E-state index is 14.0. The fourth-order valence-electron chi connectivity index (χ4n) is 5.92. The molecule has 0 radical (unpaired) electrons. The number of amides is 2. The van der Waals surface area contributed by atoms with Crippen LogP contribution < -0.4 is 0 Å². The molecule has 2 saturated heterocycles. The zero-order valence-electron chi connectivity index (χ0n) is 20.7. The van der Waals surface area contributed by atoms with Gasteiger partial charge in [0.2, 0.25) is 5.91 Å². The second-order valence-corrected chi connectivity index (χ2v) is 10.4. The lowest BCUT2D eigenvalue weighted by Gasteiger charge is -2.33. The van der Waals surface area contributed by atoms with Gasteiger partial charge in [-0.1, -0.05) is 18.2 Å². The molecule has 188 valence electrons. The smallest absolute Gasteiger partial charge is 0.274 e. The number of halogens is 1. The van der Waals surface area contributed by atoms with E-state index in [-0.39, 0.29) is 31.3 Å². The van der Waals surface area contributed by atoms with Crippen LogP contribution in [0.2, 0.25) is 0 Å². The minimum absolute atomic E-state index is 0.0329. The number of carbonyl (C=O) groups excluding carboxylic acids is 2. The number of nitrogens with zero attached hydrogens (tertiary/aromatic N) is 4. The molecule has 0 saturated carbocycles. The van der Waals surface area contributed by atoms with E-state index in [0.717, 1.165) is 56.5 Å². The third-order valence-corrected chi connectivity index (χ3v) is 8.22. The lowest BCUT2D eigenvalue weighted by atomic mass is 9.85. The van der Waals surface area contributed by atoms with Crippen LogP contribution in [0.4, 0.5) is 4.39 Å². The Bertz CT molecular complexity index is 1120. The normalized spacial score (nSPS) is 23.0. The second-order valence-electron chi connectivity index (χ2n) is 10.4. The molecular weight excluding hydrogens is 447 g/mol. The van der Waals surface area contributed by atoms with Crippen molar-refractivity contribution in [2.45, 2.75) is 77.1 Å². The van der Waals surface area contributed by atoms with Gasteiger partial charge in [0.05, 0.1) is 12.6 Å². The van der Waals surface area contributed by atoms with Crippen LogP contribution in [0, 0.1) is 13.8 Å². The zero-order valence-corrected chi connectivity index (χ0v) is 20.7. The maximum absolute atomic E-state index is 14.0. The SMILES string of the molecule is Cc1cccc(C2CCN(C(=O)Cn3nc(C(=O)N4CC[C@@H](O)[C@H](F)C4)c4c3CCC4)CC2)c1C. The van der Waals surface area contributed by atoms with Gasteiger partial charge in [-0.2, -0.15) is 5.10 Å². The largest absolute Gasteiger partial charge is 0.390 e. The third-order valence-electron chi connectivity index (χ3n) is 8.22. The van der Waals surface area contributed by atoms with Crippen molar-refractivity contribution in [2.24, 2.45) is 0 Å². The summed E-state index contributed by atoms with van der Waals surface area (Å²) in [6.07, 6.45) is 2.14. The molecule has 0 unspecified atom stereocenters. The van der Waals surface area contributed by atoms with Gasteiger partial charge in [-0.15, -0.1) is 0 Å². The fraction of sp³-hybridized carbons (Fsp3) is 0.593. The second kappa shape index (κ2) is 9.72. The van der Waals surface area contributed by atoms with Crippen LogP contribution in [-0.4, -0.2) is 75.0 Å². The number of rotatable bonds is 4. The van der Waals surface area contributed by atoms with Crippen molar-refractivity contribution in [1.82, 2.24) is 19.6 Å². The molecule has 2 atom stereocenters. The number of aromatic nitrogens is 2. The van der Waals surface area contributed by atoms with Gasteiger partial charge in [-0.25, -0.2) is 4.39 Å².